The van der Waals surface area contributed by atoms with E-state index in [0.29, 0.717) is 6.54 Å². The van der Waals surface area contributed by atoms with E-state index in [9.17, 15) is 0 Å². The van der Waals surface area contributed by atoms with Gasteiger partial charge in [0.15, 0.2) is 0 Å². The number of benzene rings is 2. The number of rotatable bonds is 5. The SMILES string of the molecule is NN(Cc1ccccc1)NCc1ccccc1. The molecular weight excluding hydrogens is 210 g/mol. The third-order valence-electron chi connectivity index (χ3n) is 2.52. The van der Waals surface area contributed by atoms with Gasteiger partial charge in [-0.2, -0.15) is 5.12 Å². The van der Waals surface area contributed by atoms with E-state index in [1.165, 1.54) is 11.1 Å². The van der Waals surface area contributed by atoms with Crippen LogP contribution in [-0.2, 0) is 13.1 Å². The highest BCUT2D eigenvalue weighted by atomic mass is 15.7. The predicted molar refractivity (Wildman–Crippen MR) is 69.5 cm³/mol. The van der Waals surface area contributed by atoms with E-state index >= 15 is 0 Å². The van der Waals surface area contributed by atoms with Gasteiger partial charge in [0.2, 0.25) is 0 Å². The van der Waals surface area contributed by atoms with E-state index in [2.05, 4.69) is 29.7 Å². The summed E-state index contributed by atoms with van der Waals surface area (Å²) in [5, 5.41) is 1.61. The third-order valence-corrected chi connectivity index (χ3v) is 2.52. The van der Waals surface area contributed by atoms with Crippen molar-refractivity contribution in [2.24, 2.45) is 5.84 Å². The van der Waals surface area contributed by atoms with Gasteiger partial charge in [-0.1, -0.05) is 60.7 Å². The Morgan fingerprint density at radius 3 is 1.94 bits per heavy atom. The van der Waals surface area contributed by atoms with Gasteiger partial charge in [0.1, 0.15) is 0 Å². The van der Waals surface area contributed by atoms with Crippen molar-refractivity contribution in [3.05, 3.63) is 71.8 Å². The molecular formula is C14H17N3. The monoisotopic (exact) mass is 227 g/mol. The molecule has 17 heavy (non-hydrogen) atoms. The van der Waals surface area contributed by atoms with Crippen LogP contribution in [0.1, 0.15) is 11.1 Å². The molecule has 0 unspecified atom stereocenters. The Hall–Kier alpha value is -1.68. The van der Waals surface area contributed by atoms with Crippen LogP contribution in [0.5, 0.6) is 0 Å². The van der Waals surface area contributed by atoms with Gasteiger partial charge in [0, 0.05) is 6.54 Å². The quantitative estimate of drug-likeness (QED) is 0.607. The predicted octanol–water partition coefficient (Wildman–Crippen LogP) is 2.07. The van der Waals surface area contributed by atoms with Gasteiger partial charge in [0.25, 0.3) is 0 Å². The second kappa shape index (κ2) is 6.15. The summed E-state index contributed by atoms with van der Waals surface area (Å²) in [6.07, 6.45) is 0. The summed E-state index contributed by atoms with van der Waals surface area (Å²) in [5.41, 5.74) is 5.57. The molecule has 88 valence electrons. The van der Waals surface area contributed by atoms with Crippen molar-refractivity contribution >= 4 is 0 Å². The first kappa shape index (κ1) is 11.8. The van der Waals surface area contributed by atoms with Crippen molar-refractivity contribution in [2.45, 2.75) is 13.1 Å². The van der Waals surface area contributed by atoms with Crippen molar-refractivity contribution in [1.29, 1.82) is 0 Å². The van der Waals surface area contributed by atoms with Gasteiger partial charge in [0.05, 0.1) is 6.54 Å². The third kappa shape index (κ3) is 4.00. The molecule has 0 aromatic heterocycles. The first-order valence-electron chi connectivity index (χ1n) is 5.68. The minimum atomic E-state index is 0.688. The Kier molecular flexibility index (Phi) is 4.27. The minimum absolute atomic E-state index is 0.688. The Morgan fingerprint density at radius 1 is 0.824 bits per heavy atom. The second-order valence-corrected chi connectivity index (χ2v) is 3.93. The number of hydrogen-bond acceptors (Lipinski definition) is 3. The van der Waals surface area contributed by atoms with Crippen molar-refractivity contribution in [3.63, 3.8) is 0 Å². The van der Waals surface area contributed by atoms with Crippen LogP contribution in [0, 0.1) is 0 Å². The zero-order valence-corrected chi connectivity index (χ0v) is 9.71. The molecule has 3 nitrogen and oxygen atoms in total. The maximum absolute atomic E-state index is 5.88. The summed E-state index contributed by atoms with van der Waals surface area (Å²) in [7, 11) is 0. The highest BCUT2D eigenvalue weighted by Crippen LogP contribution is 2.01. The largest absolute Gasteiger partial charge is 0.255 e. The lowest BCUT2D eigenvalue weighted by Crippen LogP contribution is -2.42. The van der Waals surface area contributed by atoms with E-state index in [0.717, 1.165) is 6.54 Å². The molecule has 0 saturated heterocycles. The summed E-state index contributed by atoms with van der Waals surface area (Å²) in [6, 6.07) is 20.3. The first-order valence-corrected chi connectivity index (χ1v) is 5.68. The first-order chi connectivity index (χ1) is 8.34. The molecule has 3 N–H and O–H groups in total. The standard InChI is InChI=1S/C14H17N3/c15-17(12-14-9-5-2-6-10-14)16-11-13-7-3-1-4-8-13/h1-10,16H,11-12,15H2. The number of nitrogens with two attached hydrogens (primary N) is 1. The van der Waals surface area contributed by atoms with Gasteiger partial charge in [-0.3, -0.25) is 5.84 Å². The molecule has 0 aliphatic rings. The highest BCUT2D eigenvalue weighted by Gasteiger charge is 1.99. The average molecular weight is 227 g/mol. The normalized spacial score (nSPS) is 10.7. The maximum Gasteiger partial charge on any atom is 0.0536 e. The lowest BCUT2D eigenvalue weighted by molar-refractivity contribution is 0.178. The lowest BCUT2D eigenvalue weighted by Gasteiger charge is -2.17. The van der Waals surface area contributed by atoms with Gasteiger partial charge >= 0.3 is 0 Å². The van der Waals surface area contributed by atoms with Crippen LogP contribution in [-0.4, -0.2) is 5.12 Å². The fourth-order valence-corrected chi connectivity index (χ4v) is 1.62. The fourth-order valence-electron chi connectivity index (χ4n) is 1.62. The highest BCUT2D eigenvalue weighted by molar-refractivity contribution is 5.15. The zero-order chi connectivity index (χ0) is 11.9. The molecule has 0 bridgehead atoms. The lowest BCUT2D eigenvalue weighted by atomic mass is 10.2. The summed E-state index contributed by atoms with van der Waals surface area (Å²) in [4.78, 5) is 0. The molecule has 0 aliphatic carbocycles. The van der Waals surface area contributed by atoms with E-state index in [-0.39, 0.29) is 0 Å². The molecule has 2 aromatic rings. The Balaban J connectivity index is 1.80. The van der Waals surface area contributed by atoms with E-state index < -0.39 is 0 Å². The van der Waals surface area contributed by atoms with Gasteiger partial charge in [-0.05, 0) is 11.1 Å². The van der Waals surface area contributed by atoms with Crippen LogP contribution in [0.4, 0.5) is 0 Å². The van der Waals surface area contributed by atoms with Crippen molar-refractivity contribution in [3.8, 4) is 0 Å². The van der Waals surface area contributed by atoms with Crippen LogP contribution >= 0.6 is 0 Å². The second-order valence-electron chi connectivity index (χ2n) is 3.93. The Bertz CT molecular complexity index is 428. The van der Waals surface area contributed by atoms with Gasteiger partial charge < -0.3 is 0 Å². The molecule has 0 aliphatic heterocycles. The molecule has 0 amide bonds. The molecule has 3 heteroatoms. The van der Waals surface area contributed by atoms with Crippen LogP contribution in [0.3, 0.4) is 0 Å². The number of nitrogens with one attached hydrogen (secondary N) is 1. The van der Waals surface area contributed by atoms with Crippen LogP contribution in [0.2, 0.25) is 0 Å². The van der Waals surface area contributed by atoms with E-state index in [1.54, 1.807) is 5.12 Å². The Labute approximate surface area is 102 Å². The molecule has 0 heterocycles. The van der Waals surface area contributed by atoms with E-state index in [1.807, 2.05) is 36.4 Å². The number of hydrogen-bond donors (Lipinski definition) is 2. The molecule has 0 spiro atoms. The average Bonchev–Trinajstić information content (AvgIpc) is 2.39. The van der Waals surface area contributed by atoms with Crippen molar-refractivity contribution in [1.82, 2.24) is 10.5 Å². The van der Waals surface area contributed by atoms with E-state index in [4.69, 9.17) is 5.84 Å². The smallest absolute Gasteiger partial charge is 0.0536 e. The molecule has 2 rings (SSSR count). The van der Waals surface area contributed by atoms with Gasteiger partial charge in [-0.25, -0.2) is 5.43 Å². The fraction of sp³-hybridized carbons (Fsp3) is 0.143. The summed E-state index contributed by atoms with van der Waals surface area (Å²) >= 11 is 0. The molecule has 0 saturated carbocycles. The summed E-state index contributed by atoms with van der Waals surface area (Å²) in [6.45, 7) is 1.43. The Morgan fingerprint density at radius 2 is 1.35 bits per heavy atom. The zero-order valence-electron chi connectivity index (χ0n) is 9.71. The molecule has 0 atom stereocenters. The topological polar surface area (TPSA) is 41.3 Å². The maximum atomic E-state index is 5.88. The number of hydrazine groups is 2. The minimum Gasteiger partial charge on any atom is -0.255 e. The number of nitrogens with zero attached hydrogens (tertiary/aromatic N) is 1. The van der Waals surface area contributed by atoms with Crippen molar-refractivity contribution in [2.75, 3.05) is 0 Å². The van der Waals surface area contributed by atoms with Crippen LogP contribution in [0.15, 0.2) is 60.7 Å². The molecule has 0 radical (unpaired) electrons. The summed E-state index contributed by atoms with van der Waals surface area (Å²) < 4.78 is 0. The van der Waals surface area contributed by atoms with Gasteiger partial charge in [-0.15, -0.1) is 0 Å². The molecule has 2 aromatic carbocycles. The summed E-state index contributed by atoms with van der Waals surface area (Å²) in [5.74, 6) is 5.88. The van der Waals surface area contributed by atoms with Crippen molar-refractivity contribution < 1.29 is 0 Å². The van der Waals surface area contributed by atoms with Crippen LogP contribution in [0.25, 0.3) is 0 Å². The molecule has 0 fully saturated rings. The van der Waals surface area contributed by atoms with Crippen LogP contribution < -0.4 is 11.3 Å².